The van der Waals surface area contributed by atoms with E-state index in [2.05, 4.69) is 0 Å². The van der Waals surface area contributed by atoms with Gasteiger partial charge in [0.15, 0.2) is 5.82 Å². The Kier molecular flexibility index (Phi) is 4.94. The zero-order valence-electron chi connectivity index (χ0n) is 15.2. The van der Waals surface area contributed by atoms with Gasteiger partial charge in [-0.15, -0.1) is 12.4 Å². The van der Waals surface area contributed by atoms with Crippen molar-refractivity contribution < 1.29 is 14.3 Å². The molecular formula is C19H23ClFN3O3. The molecule has 0 radical (unpaired) electrons. The number of anilines is 1. The van der Waals surface area contributed by atoms with Gasteiger partial charge in [-0.1, -0.05) is 6.92 Å². The van der Waals surface area contributed by atoms with E-state index in [9.17, 15) is 19.1 Å². The fourth-order valence-corrected chi connectivity index (χ4v) is 4.06. The molecule has 0 aromatic carbocycles. The number of aromatic carboxylic acids is 1. The highest BCUT2D eigenvalue weighted by Gasteiger charge is 2.33. The van der Waals surface area contributed by atoms with Crippen molar-refractivity contribution in [3.05, 3.63) is 45.1 Å². The molecule has 2 aromatic rings. The van der Waals surface area contributed by atoms with E-state index in [0.29, 0.717) is 29.9 Å². The topological polar surface area (TPSA) is 88.0 Å². The molecule has 27 heavy (non-hydrogen) atoms. The van der Waals surface area contributed by atoms with E-state index in [1.54, 1.807) is 6.92 Å². The standard InChI is InChI=1S/C19H22FN3O3.ClH/c1-9-6-22(8-15(9)21)17-10(2)16-12(11-3-4-11)5-13(19(25)26)18(24)23(16)7-14(17)20;/h5,7,9,11,15H,3-4,6,8,21H2,1-2H3,(H,25,26);1H/t9-,15+;/m0./s1. The van der Waals surface area contributed by atoms with Crippen molar-refractivity contribution >= 4 is 29.6 Å². The van der Waals surface area contributed by atoms with Crippen LogP contribution in [0.1, 0.15) is 47.2 Å². The highest BCUT2D eigenvalue weighted by Crippen LogP contribution is 2.44. The van der Waals surface area contributed by atoms with Gasteiger partial charge >= 0.3 is 5.97 Å². The van der Waals surface area contributed by atoms with Crippen molar-refractivity contribution in [2.75, 3.05) is 18.0 Å². The van der Waals surface area contributed by atoms with Gasteiger partial charge in [0.2, 0.25) is 0 Å². The van der Waals surface area contributed by atoms with Crippen molar-refractivity contribution in [2.45, 2.75) is 38.6 Å². The summed E-state index contributed by atoms with van der Waals surface area (Å²) in [7, 11) is 0. The van der Waals surface area contributed by atoms with E-state index in [4.69, 9.17) is 5.73 Å². The fraction of sp³-hybridized carbons (Fsp3) is 0.474. The number of nitrogens with two attached hydrogens (primary N) is 1. The molecular weight excluding hydrogens is 373 g/mol. The highest BCUT2D eigenvalue weighted by atomic mass is 35.5. The van der Waals surface area contributed by atoms with Crippen LogP contribution in [-0.4, -0.2) is 34.6 Å². The van der Waals surface area contributed by atoms with Crippen LogP contribution >= 0.6 is 12.4 Å². The van der Waals surface area contributed by atoms with Gasteiger partial charge in [-0.25, -0.2) is 9.18 Å². The van der Waals surface area contributed by atoms with Gasteiger partial charge in [-0.2, -0.15) is 0 Å². The third-order valence-corrected chi connectivity index (χ3v) is 5.68. The molecule has 0 unspecified atom stereocenters. The predicted octanol–water partition coefficient (Wildman–Crippen LogP) is 2.53. The van der Waals surface area contributed by atoms with Crippen molar-refractivity contribution in [2.24, 2.45) is 11.7 Å². The lowest BCUT2D eigenvalue weighted by Crippen LogP contribution is -2.30. The molecule has 1 saturated heterocycles. The SMILES string of the molecule is Cc1c(N2C[C@@H](N)[C@@H](C)C2)c(F)cn2c(=O)c(C(=O)O)cc(C3CC3)c12.Cl. The molecule has 2 fully saturated rings. The number of aryl methyl sites for hydroxylation is 1. The van der Waals surface area contributed by atoms with Crippen molar-refractivity contribution in [3.8, 4) is 0 Å². The Bertz CT molecular complexity index is 977. The van der Waals surface area contributed by atoms with Gasteiger partial charge in [-0.05, 0) is 48.8 Å². The van der Waals surface area contributed by atoms with E-state index >= 15 is 0 Å². The van der Waals surface area contributed by atoms with Crippen LogP contribution in [0.15, 0.2) is 17.1 Å². The number of rotatable bonds is 3. The van der Waals surface area contributed by atoms with Crippen molar-refractivity contribution in [1.82, 2.24) is 4.40 Å². The Morgan fingerprint density at radius 2 is 2.00 bits per heavy atom. The van der Waals surface area contributed by atoms with E-state index in [-0.39, 0.29) is 35.8 Å². The number of nitrogens with zero attached hydrogens (tertiary/aromatic N) is 2. The van der Waals surface area contributed by atoms with Crippen LogP contribution in [0.2, 0.25) is 0 Å². The first kappa shape index (κ1) is 19.6. The Balaban J connectivity index is 0.00000210. The van der Waals surface area contributed by atoms with Crippen LogP contribution in [0.3, 0.4) is 0 Å². The smallest absolute Gasteiger partial charge is 0.341 e. The minimum Gasteiger partial charge on any atom is -0.477 e. The normalized spacial score (nSPS) is 22.1. The molecule has 2 aromatic heterocycles. The number of aromatic nitrogens is 1. The summed E-state index contributed by atoms with van der Waals surface area (Å²) in [6, 6.07) is 1.45. The molecule has 2 atom stereocenters. The van der Waals surface area contributed by atoms with E-state index in [1.165, 1.54) is 10.5 Å². The third kappa shape index (κ3) is 3.08. The van der Waals surface area contributed by atoms with Gasteiger partial charge in [-0.3, -0.25) is 9.20 Å². The second kappa shape index (κ2) is 6.80. The summed E-state index contributed by atoms with van der Waals surface area (Å²) in [5.74, 6) is -1.33. The number of hydrogen-bond acceptors (Lipinski definition) is 4. The average molecular weight is 396 g/mol. The van der Waals surface area contributed by atoms with Crippen molar-refractivity contribution in [3.63, 3.8) is 0 Å². The van der Waals surface area contributed by atoms with Crippen LogP contribution in [0.4, 0.5) is 10.1 Å². The molecule has 146 valence electrons. The maximum atomic E-state index is 15.0. The van der Waals surface area contributed by atoms with E-state index in [0.717, 1.165) is 24.6 Å². The number of carboxylic acid groups (broad SMARTS) is 1. The fourth-order valence-electron chi connectivity index (χ4n) is 4.06. The molecule has 0 spiro atoms. The number of carbonyl (C=O) groups is 1. The average Bonchev–Trinajstić information content (AvgIpc) is 3.35. The first-order valence-electron chi connectivity index (χ1n) is 8.91. The maximum absolute atomic E-state index is 15.0. The Morgan fingerprint density at radius 1 is 1.33 bits per heavy atom. The molecule has 1 aliphatic carbocycles. The zero-order chi connectivity index (χ0) is 18.7. The molecule has 0 amide bonds. The van der Waals surface area contributed by atoms with Gasteiger partial charge in [0.1, 0.15) is 5.56 Å². The summed E-state index contributed by atoms with van der Waals surface area (Å²) in [5.41, 5.74) is 7.67. The minimum absolute atomic E-state index is 0. The van der Waals surface area contributed by atoms with Gasteiger partial charge in [0.05, 0.1) is 17.4 Å². The van der Waals surface area contributed by atoms with Crippen molar-refractivity contribution in [1.29, 1.82) is 0 Å². The number of fused-ring (bicyclic) bond motifs is 1. The van der Waals surface area contributed by atoms with Gasteiger partial charge in [0.25, 0.3) is 5.56 Å². The first-order chi connectivity index (χ1) is 12.3. The maximum Gasteiger partial charge on any atom is 0.341 e. The largest absolute Gasteiger partial charge is 0.477 e. The Labute approximate surface area is 162 Å². The lowest BCUT2D eigenvalue weighted by Gasteiger charge is -2.24. The highest BCUT2D eigenvalue weighted by molar-refractivity contribution is 5.89. The number of carboxylic acids is 1. The van der Waals surface area contributed by atoms with Crippen LogP contribution in [0, 0.1) is 18.7 Å². The van der Waals surface area contributed by atoms with Crippen LogP contribution in [-0.2, 0) is 0 Å². The predicted molar refractivity (Wildman–Crippen MR) is 104 cm³/mol. The first-order valence-corrected chi connectivity index (χ1v) is 8.91. The summed E-state index contributed by atoms with van der Waals surface area (Å²) in [5, 5.41) is 9.35. The van der Waals surface area contributed by atoms with Gasteiger partial charge < -0.3 is 15.7 Å². The molecule has 0 bridgehead atoms. The summed E-state index contributed by atoms with van der Waals surface area (Å²) in [4.78, 5) is 26.0. The van der Waals surface area contributed by atoms with Crippen LogP contribution in [0.5, 0.6) is 0 Å². The van der Waals surface area contributed by atoms with E-state index in [1.807, 2.05) is 11.8 Å². The molecule has 1 saturated carbocycles. The quantitative estimate of drug-likeness (QED) is 0.833. The second-order valence-electron chi connectivity index (χ2n) is 7.61. The lowest BCUT2D eigenvalue weighted by atomic mass is 10.0. The van der Waals surface area contributed by atoms with Crippen LogP contribution < -0.4 is 16.2 Å². The zero-order valence-corrected chi connectivity index (χ0v) is 16.1. The summed E-state index contributed by atoms with van der Waals surface area (Å²) in [6.07, 6.45) is 3.03. The van der Waals surface area contributed by atoms with Gasteiger partial charge in [0, 0.05) is 19.1 Å². The number of halogens is 2. The number of hydrogen-bond donors (Lipinski definition) is 2. The second-order valence-corrected chi connectivity index (χ2v) is 7.61. The summed E-state index contributed by atoms with van der Waals surface area (Å²) >= 11 is 0. The Morgan fingerprint density at radius 3 is 2.52 bits per heavy atom. The Hall–Kier alpha value is -2.12. The molecule has 4 rings (SSSR count). The molecule has 1 aliphatic heterocycles. The lowest BCUT2D eigenvalue weighted by molar-refractivity contribution is 0.0694. The van der Waals surface area contributed by atoms with E-state index < -0.39 is 17.3 Å². The molecule has 6 nitrogen and oxygen atoms in total. The molecule has 8 heteroatoms. The summed E-state index contributed by atoms with van der Waals surface area (Å²) in [6.45, 7) is 5.06. The van der Waals surface area contributed by atoms with Crippen LogP contribution in [0.25, 0.3) is 5.52 Å². The molecule has 2 aliphatic rings. The monoisotopic (exact) mass is 395 g/mol. The summed E-state index contributed by atoms with van der Waals surface area (Å²) < 4.78 is 16.1. The number of pyridine rings is 2. The third-order valence-electron chi connectivity index (χ3n) is 5.68. The molecule has 3 heterocycles. The minimum atomic E-state index is -1.28. The molecule has 3 N–H and O–H groups in total.